The van der Waals surface area contributed by atoms with E-state index >= 15 is 0 Å². The van der Waals surface area contributed by atoms with Gasteiger partial charge in [-0.3, -0.25) is 14.5 Å². The maximum absolute atomic E-state index is 13.1. The van der Waals surface area contributed by atoms with Crippen LogP contribution in [0.3, 0.4) is 0 Å². The lowest BCUT2D eigenvalue weighted by molar-refractivity contribution is -0.165. The summed E-state index contributed by atoms with van der Waals surface area (Å²) in [5.41, 5.74) is 0.281. The van der Waals surface area contributed by atoms with Gasteiger partial charge in [0.15, 0.2) is 11.5 Å². The van der Waals surface area contributed by atoms with Gasteiger partial charge in [0.25, 0.3) is 0 Å². The summed E-state index contributed by atoms with van der Waals surface area (Å²) in [5.74, 6) is 1.50. The van der Waals surface area contributed by atoms with Crippen molar-refractivity contribution in [2.75, 3.05) is 13.4 Å². The molecule has 3 atom stereocenters. The predicted molar refractivity (Wildman–Crippen MR) is 106 cm³/mol. The van der Waals surface area contributed by atoms with Crippen LogP contribution in [0.4, 0.5) is 0 Å². The molecular weight excluding hydrogens is 372 g/mol. The molecule has 0 radical (unpaired) electrons. The van der Waals surface area contributed by atoms with E-state index in [1.807, 2.05) is 32.0 Å². The lowest BCUT2D eigenvalue weighted by atomic mass is 9.82. The van der Waals surface area contributed by atoms with E-state index in [1.165, 1.54) is 0 Å². The van der Waals surface area contributed by atoms with Crippen LogP contribution in [-0.4, -0.2) is 41.9 Å². The van der Waals surface area contributed by atoms with E-state index in [2.05, 4.69) is 12.2 Å². The number of amides is 2. The van der Waals surface area contributed by atoms with Crippen molar-refractivity contribution in [1.29, 1.82) is 0 Å². The van der Waals surface area contributed by atoms with E-state index in [9.17, 15) is 9.59 Å². The zero-order chi connectivity index (χ0) is 20.6. The molecule has 2 amide bonds. The monoisotopic (exact) mass is 402 g/mol. The maximum Gasteiger partial charge on any atom is 0.245 e. The average Bonchev–Trinajstić information content (AvgIpc) is 3.29. The minimum absolute atomic E-state index is 0.0140. The van der Waals surface area contributed by atoms with E-state index in [0.717, 1.165) is 31.2 Å². The third-order valence-corrected chi connectivity index (χ3v) is 6.13. The van der Waals surface area contributed by atoms with Gasteiger partial charge in [0.05, 0.1) is 6.61 Å². The number of fused-ring (bicyclic) bond motifs is 1. The topological polar surface area (TPSA) is 77.1 Å². The Morgan fingerprint density at radius 3 is 2.83 bits per heavy atom. The molecule has 0 bridgehead atoms. The van der Waals surface area contributed by atoms with Crippen molar-refractivity contribution in [3.8, 4) is 11.5 Å². The molecule has 7 nitrogen and oxygen atoms in total. The molecule has 1 saturated heterocycles. The summed E-state index contributed by atoms with van der Waals surface area (Å²) >= 11 is 0. The highest BCUT2D eigenvalue weighted by Gasteiger charge is 2.54. The van der Waals surface area contributed by atoms with Crippen LogP contribution in [-0.2, 0) is 20.9 Å². The minimum atomic E-state index is -0.639. The van der Waals surface area contributed by atoms with Crippen molar-refractivity contribution in [1.82, 2.24) is 10.2 Å². The Hall–Kier alpha value is -2.28. The number of hydrogen-bond acceptors (Lipinski definition) is 5. The number of hydrogen-bond donors (Lipinski definition) is 1. The van der Waals surface area contributed by atoms with E-state index in [1.54, 1.807) is 4.90 Å². The third-order valence-electron chi connectivity index (χ3n) is 6.13. The standard InChI is InChI=1S/C22H30N2O5/c1-14(2)21(26)24-17(12-29-22(24)8-4-5-15(3)10-22)20(25)23-11-16-6-7-18-19(9-16)28-13-27-18/h6-7,9,14-15,17H,4-5,8,10-13H2,1-3H3,(H,23,25)/t15-,17+,22-/m1/s1. The van der Waals surface area contributed by atoms with E-state index in [-0.39, 0.29) is 31.1 Å². The van der Waals surface area contributed by atoms with Gasteiger partial charge >= 0.3 is 0 Å². The molecule has 1 spiro atoms. The first-order chi connectivity index (χ1) is 13.9. The molecule has 2 fully saturated rings. The number of carbonyl (C=O) groups excluding carboxylic acids is 2. The van der Waals surface area contributed by atoms with Crippen LogP contribution in [0.25, 0.3) is 0 Å². The van der Waals surface area contributed by atoms with Crippen molar-refractivity contribution in [3.05, 3.63) is 23.8 Å². The Balaban J connectivity index is 1.48. The lowest BCUT2D eigenvalue weighted by Crippen LogP contribution is -2.58. The second kappa shape index (κ2) is 7.86. The molecule has 2 heterocycles. The molecule has 1 N–H and O–H groups in total. The summed E-state index contributed by atoms with van der Waals surface area (Å²) in [5, 5.41) is 2.98. The van der Waals surface area contributed by atoms with E-state index < -0.39 is 11.8 Å². The first kappa shape index (κ1) is 20.0. The van der Waals surface area contributed by atoms with Crippen LogP contribution >= 0.6 is 0 Å². The highest BCUT2D eigenvalue weighted by Crippen LogP contribution is 2.43. The summed E-state index contributed by atoms with van der Waals surface area (Å²) in [7, 11) is 0. The van der Waals surface area contributed by atoms with Crippen molar-refractivity contribution >= 4 is 11.8 Å². The molecule has 1 aliphatic carbocycles. The number of ether oxygens (including phenoxy) is 3. The molecule has 0 aromatic heterocycles. The molecule has 2 aliphatic heterocycles. The Morgan fingerprint density at radius 2 is 2.07 bits per heavy atom. The first-order valence-electron chi connectivity index (χ1n) is 10.5. The molecule has 29 heavy (non-hydrogen) atoms. The smallest absolute Gasteiger partial charge is 0.245 e. The van der Waals surface area contributed by atoms with Crippen LogP contribution in [0.2, 0.25) is 0 Å². The lowest BCUT2D eigenvalue weighted by Gasteiger charge is -2.44. The Kier molecular flexibility index (Phi) is 5.42. The van der Waals surface area contributed by atoms with E-state index in [0.29, 0.717) is 24.0 Å². The molecule has 4 rings (SSSR count). The quantitative estimate of drug-likeness (QED) is 0.838. The summed E-state index contributed by atoms with van der Waals surface area (Å²) in [6.07, 6.45) is 3.73. The van der Waals surface area contributed by atoms with Crippen molar-refractivity contribution in [2.45, 2.75) is 64.8 Å². The van der Waals surface area contributed by atoms with Crippen LogP contribution in [0.1, 0.15) is 52.0 Å². The Morgan fingerprint density at radius 1 is 1.28 bits per heavy atom. The fourth-order valence-corrected chi connectivity index (χ4v) is 4.67. The summed E-state index contributed by atoms with van der Waals surface area (Å²) in [6, 6.07) is 5.02. The predicted octanol–water partition coefficient (Wildman–Crippen LogP) is 2.82. The van der Waals surface area contributed by atoms with Crippen molar-refractivity contribution < 1.29 is 23.8 Å². The third kappa shape index (κ3) is 3.80. The minimum Gasteiger partial charge on any atom is -0.454 e. The number of nitrogens with one attached hydrogen (secondary N) is 1. The van der Waals surface area contributed by atoms with Crippen molar-refractivity contribution in [3.63, 3.8) is 0 Å². The van der Waals surface area contributed by atoms with Gasteiger partial charge < -0.3 is 19.5 Å². The molecule has 1 aromatic carbocycles. The van der Waals surface area contributed by atoms with Gasteiger partial charge in [-0.1, -0.05) is 33.3 Å². The Labute approximate surface area is 171 Å². The first-order valence-corrected chi connectivity index (χ1v) is 10.5. The van der Waals surface area contributed by atoms with Gasteiger partial charge in [-0.15, -0.1) is 0 Å². The zero-order valence-corrected chi connectivity index (χ0v) is 17.4. The summed E-state index contributed by atoms with van der Waals surface area (Å²) in [4.78, 5) is 27.9. The summed E-state index contributed by atoms with van der Waals surface area (Å²) in [6.45, 7) is 6.77. The van der Waals surface area contributed by atoms with Crippen LogP contribution in [0.15, 0.2) is 18.2 Å². The fraction of sp³-hybridized carbons (Fsp3) is 0.636. The zero-order valence-electron chi connectivity index (χ0n) is 17.4. The second-order valence-corrected chi connectivity index (χ2v) is 8.74. The molecule has 7 heteroatoms. The number of carbonyl (C=O) groups is 2. The SMILES string of the molecule is CC(C)C(=O)N1[C@H](C(=O)NCc2ccc3c(c2)OCO3)CO[C@@]12CCC[C@@H](C)C2. The molecule has 1 aromatic rings. The van der Waals surface area contributed by atoms with Gasteiger partial charge in [0.2, 0.25) is 18.6 Å². The van der Waals surface area contributed by atoms with Gasteiger partial charge in [-0.25, -0.2) is 0 Å². The number of benzene rings is 1. The highest BCUT2D eigenvalue weighted by atomic mass is 16.7. The Bertz CT molecular complexity index is 795. The van der Waals surface area contributed by atoms with Gasteiger partial charge in [0, 0.05) is 12.5 Å². The molecule has 0 unspecified atom stereocenters. The van der Waals surface area contributed by atoms with E-state index in [4.69, 9.17) is 14.2 Å². The molecular formula is C22H30N2O5. The maximum atomic E-state index is 13.1. The normalized spacial score (nSPS) is 28.2. The molecule has 1 saturated carbocycles. The molecule has 158 valence electrons. The largest absolute Gasteiger partial charge is 0.454 e. The van der Waals surface area contributed by atoms with Gasteiger partial charge in [-0.2, -0.15) is 0 Å². The van der Waals surface area contributed by atoms with Crippen LogP contribution in [0.5, 0.6) is 11.5 Å². The number of rotatable bonds is 4. The fourth-order valence-electron chi connectivity index (χ4n) is 4.67. The van der Waals surface area contributed by atoms with Crippen LogP contribution in [0, 0.1) is 11.8 Å². The van der Waals surface area contributed by atoms with Gasteiger partial charge in [0.1, 0.15) is 11.8 Å². The molecule has 3 aliphatic rings. The average molecular weight is 402 g/mol. The number of nitrogens with zero attached hydrogens (tertiary/aromatic N) is 1. The van der Waals surface area contributed by atoms with Crippen LogP contribution < -0.4 is 14.8 Å². The van der Waals surface area contributed by atoms with Crippen molar-refractivity contribution in [2.24, 2.45) is 11.8 Å². The second-order valence-electron chi connectivity index (χ2n) is 8.74. The highest BCUT2D eigenvalue weighted by molar-refractivity contribution is 5.89. The summed E-state index contributed by atoms with van der Waals surface area (Å²) < 4.78 is 16.9. The van der Waals surface area contributed by atoms with Gasteiger partial charge in [-0.05, 0) is 42.9 Å².